The van der Waals surface area contributed by atoms with Crippen LogP contribution in [-0.2, 0) is 16.6 Å². The fourth-order valence-electron chi connectivity index (χ4n) is 3.64. The van der Waals surface area contributed by atoms with Crippen LogP contribution in [0, 0.1) is 5.82 Å². The maximum absolute atomic E-state index is 13.0. The molecular weight excluding hydrogens is 437 g/mol. The molecule has 1 N–H and O–H groups in total. The molecule has 0 spiro atoms. The van der Waals surface area contributed by atoms with Gasteiger partial charge in [0, 0.05) is 34.8 Å². The predicted molar refractivity (Wildman–Crippen MR) is 111 cm³/mol. The van der Waals surface area contributed by atoms with Crippen molar-refractivity contribution in [1.29, 1.82) is 0 Å². The van der Waals surface area contributed by atoms with Crippen LogP contribution in [0.25, 0.3) is 11.4 Å². The largest absolute Gasteiger partial charge is 0.355 e. The van der Waals surface area contributed by atoms with E-state index in [1.165, 1.54) is 24.1 Å². The quantitative estimate of drug-likeness (QED) is 0.552. The molecule has 0 saturated heterocycles. The summed E-state index contributed by atoms with van der Waals surface area (Å²) in [5.74, 6) is 0.433. The van der Waals surface area contributed by atoms with Crippen molar-refractivity contribution < 1.29 is 13.7 Å². The van der Waals surface area contributed by atoms with Crippen LogP contribution in [-0.4, -0.2) is 22.6 Å². The minimum atomic E-state index is -0.318. The number of hydrogen-bond acceptors (Lipinski definition) is 4. The molecule has 29 heavy (non-hydrogen) atoms. The number of halogens is 2. The van der Waals surface area contributed by atoms with Crippen molar-refractivity contribution >= 4 is 21.8 Å². The Morgan fingerprint density at radius 1 is 1.21 bits per heavy atom. The zero-order chi connectivity index (χ0) is 20.3. The van der Waals surface area contributed by atoms with E-state index in [-0.39, 0.29) is 23.6 Å². The van der Waals surface area contributed by atoms with Crippen molar-refractivity contribution in [3.05, 3.63) is 70.3 Å². The zero-order valence-electron chi connectivity index (χ0n) is 15.8. The first-order chi connectivity index (χ1) is 14.0. The van der Waals surface area contributed by atoms with E-state index in [9.17, 15) is 9.18 Å². The van der Waals surface area contributed by atoms with Crippen LogP contribution >= 0.6 is 15.9 Å². The number of carbonyl (C=O) groups is 1. The third kappa shape index (κ3) is 4.56. The molecule has 1 saturated carbocycles. The molecule has 1 fully saturated rings. The second kappa shape index (κ2) is 8.45. The van der Waals surface area contributed by atoms with Crippen molar-refractivity contribution in [2.45, 2.75) is 37.5 Å². The van der Waals surface area contributed by atoms with Gasteiger partial charge in [-0.25, -0.2) is 4.39 Å². The number of nitrogens with one attached hydrogen (secondary N) is 1. The van der Waals surface area contributed by atoms with E-state index in [2.05, 4.69) is 43.5 Å². The summed E-state index contributed by atoms with van der Waals surface area (Å²) in [6.45, 7) is 0.632. The molecule has 0 unspecified atom stereocenters. The molecule has 1 amide bonds. The number of hydrogen-bond donors (Lipinski definition) is 1. The molecule has 0 bridgehead atoms. The average molecular weight is 458 g/mol. The van der Waals surface area contributed by atoms with Gasteiger partial charge in [0.15, 0.2) is 0 Å². The first-order valence-electron chi connectivity index (χ1n) is 9.65. The van der Waals surface area contributed by atoms with Crippen molar-refractivity contribution in [3.8, 4) is 11.4 Å². The average Bonchev–Trinajstić information content (AvgIpc) is 3.15. The summed E-state index contributed by atoms with van der Waals surface area (Å²) >= 11 is 3.53. The van der Waals surface area contributed by atoms with E-state index in [1.807, 2.05) is 12.1 Å². The SMILES string of the molecule is O=C(CCc1nc(-c2ccc(F)cc2)no1)NCC1(c2cccc(Br)c2)CCC1. The van der Waals surface area contributed by atoms with Gasteiger partial charge in [0.05, 0.1) is 0 Å². The molecular formula is C22H21BrFN3O2. The van der Waals surface area contributed by atoms with Gasteiger partial charge in [0.25, 0.3) is 0 Å². The number of rotatable bonds is 7. The Morgan fingerprint density at radius 3 is 2.69 bits per heavy atom. The Balaban J connectivity index is 1.31. The standard InChI is InChI=1S/C22H21BrFN3O2/c23-17-4-1-3-16(13-17)22(11-2-12-22)14-25-19(28)9-10-20-26-21(27-29-20)15-5-7-18(24)8-6-15/h1,3-8,13H,2,9-12,14H2,(H,25,28). The molecule has 1 aromatic heterocycles. The highest BCUT2D eigenvalue weighted by molar-refractivity contribution is 9.10. The summed E-state index contributed by atoms with van der Waals surface area (Å²) in [7, 11) is 0. The molecule has 1 aliphatic carbocycles. The molecule has 1 aliphatic rings. The lowest BCUT2D eigenvalue weighted by atomic mass is 9.64. The molecule has 7 heteroatoms. The molecule has 2 aromatic carbocycles. The van der Waals surface area contributed by atoms with Gasteiger partial charge in [-0.05, 0) is 54.8 Å². The topological polar surface area (TPSA) is 68.0 Å². The Hall–Kier alpha value is -2.54. The molecule has 0 radical (unpaired) electrons. The van der Waals surface area contributed by atoms with Crippen LogP contribution in [0.4, 0.5) is 4.39 Å². The van der Waals surface area contributed by atoms with E-state index in [0.29, 0.717) is 30.2 Å². The van der Waals surface area contributed by atoms with Gasteiger partial charge in [-0.3, -0.25) is 4.79 Å². The Morgan fingerprint density at radius 2 is 2.00 bits per heavy atom. The highest BCUT2D eigenvalue weighted by atomic mass is 79.9. The summed E-state index contributed by atoms with van der Waals surface area (Å²) in [4.78, 5) is 16.7. The van der Waals surface area contributed by atoms with Gasteiger partial charge in [-0.15, -0.1) is 0 Å². The summed E-state index contributed by atoms with van der Waals surface area (Å²) < 4.78 is 19.3. The number of nitrogens with zero attached hydrogens (tertiary/aromatic N) is 2. The number of amides is 1. The van der Waals surface area contributed by atoms with Crippen LogP contribution in [0.5, 0.6) is 0 Å². The summed E-state index contributed by atoms with van der Waals surface area (Å²) in [5.41, 5.74) is 1.96. The normalized spacial score (nSPS) is 15.0. The zero-order valence-corrected chi connectivity index (χ0v) is 17.4. The van der Waals surface area contributed by atoms with E-state index in [1.54, 1.807) is 12.1 Å². The van der Waals surface area contributed by atoms with Gasteiger partial charge in [-0.1, -0.05) is 39.6 Å². The van der Waals surface area contributed by atoms with Crippen molar-refractivity contribution in [2.24, 2.45) is 0 Å². The van der Waals surface area contributed by atoms with Crippen LogP contribution in [0.15, 0.2) is 57.5 Å². The molecule has 0 aliphatic heterocycles. The third-order valence-corrected chi connectivity index (χ3v) is 6.00. The smallest absolute Gasteiger partial charge is 0.227 e. The van der Waals surface area contributed by atoms with E-state index in [4.69, 9.17) is 4.52 Å². The lowest BCUT2D eigenvalue weighted by molar-refractivity contribution is -0.121. The van der Waals surface area contributed by atoms with Gasteiger partial charge >= 0.3 is 0 Å². The first kappa shape index (κ1) is 19.8. The minimum absolute atomic E-state index is 0.0275. The predicted octanol–water partition coefficient (Wildman–Crippen LogP) is 4.81. The second-order valence-electron chi connectivity index (χ2n) is 7.44. The fourth-order valence-corrected chi connectivity index (χ4v) is 4.04. The van der Waals surface area contributed by atoms with Crippen LogP contribution < -0.4 is 5.32 Å². The summed E-state index contributed by atoms with van der Waals surface area (Å²) in [5, 5.41) is 6.98. The highest BCUT2D eigenvalue weighted by Crippen LogP contribution is 2.43. The molecule has 1 heterocycles. The third-order valence-electron chi connectivity index (χ3n) is 5.51. The second-order valence-corrected chi connectivity index (χ2v) is 8.36. The van der Waals surface area contributed by atoms with Crippen molar-refractivity contribution in [3.63, 3.8) is 0 Å². The number of aromatic nitrogens is 2. The van der Waals surface area contributed by atoms with E-state index >= 15 is 0 Å². The monoisotopic (exact) mass is 457 g/mol. The Labute approximate surface area is 176 Å². The molecule has 150 valence electrons. The molecule has 0 atom stereocenters. The lowest BCUT2D eigenvalue weighted by Crippen LogP contribution is -2.45. The molecule has 3 aromatic rings. The highest BCUT2D eigenvalue weighted by Gasteiger charge is 2.38. The van der Waals surface area contributed by atoms with Crippen LogP contribution in [0.1, 0.15) is 37.1 Å². The summed E-state index contributed by atoms with van der Waals surface area (Å²) in [6, 6.07) is 14.2. The first-order valence-corrected chi connectivity index (χ1v) is 10.4. The minimum Gasteiger partial charge on any atom is -0.355 e. The van der Waals surface area contributed by atoms with E-state index in [0.717, 1.165) is 17.3 Å². The fraction of sp³-hybridized carbons (Fsp3) is 0.318. The van der Waals surface area contributed by atoms with Gasteiger partial charge in [0.1, 0.15) is 5.82 Å². The number of carbonyl (C=O) groups excluding carboxylic acids is 1. The Kier molecular flexibility index (Phi) is 5.76. The van der Waals surface area contributed by atoms with Gasteiger partial charge < -0.3 is 9.84 Å². The van der Waals surface area contributed by atoms with Crippen molar-refractivity contribution in [1.82, 2.24) is 15.5 Å². The Bertz CT molecular complexity index is 999. The van der Waals surface area contributed by atoms with Crippen LogP contribution in [0.2, 0.25) is 0 Å². The molecule has 5 nitrogen and oxygen atoms in total. The van der Waals surface area contributed by atoms with Crippen molar-refractivity contribution in [2.75, 3.05) is 6.54 Å². The lowest BCUT2D eigenvalue weighted by Gasteiger charge is -2.42. The maximum atomic E-state index is 13.0. The van der Waals surface area contributed by atoms with Gasteiger partial charge in [-0.2, -0.15) is 4.98 Å². The maximum Gasteiger partial charge on any atom is 0.227 e. The number of benzene rings is 2. The summed E-state index contributed by atoms with van der Waals surface area (Å²) in [6.07, 6.45) is 3.98. The molecule has 4 rings (SSSR count). The number of aryl methyl sites for hydroxylation is 1. The van der Waals surface area contributed by atoms with Crippen LogP contribution in [0.3, 0.4) is 0 Å². The van der Waals surface area contributed by atoms with Gasteiger partial charge in [0.2, 0.25) is 17.6 Å². The van der Waals surface area contributed by atoms with E-state index < -0.39 is 0 Å².